The quantitative estimate of drug-likeness (QED) is 0.788. The zero-order valence-corrected chi connectivity index (χ0v) is 13.0. The average Bonchev–Trinajstić information content (AvgIpc) is 2.37. The molecule has 0 radical (unpaired) electrons. The fraction of sp³-hybridized carbons (Fsp3) is 0.533. The van der Waals surface area contributed by atoms with E-state index >= 15 is 0 Å². The Bertz CT molecular complexity index is 434. The van der Waals surface area contributed by atoms with Crippen molar-refractivity contribution < 1.29 is 4.79 Å². The number of benzene rings is 1. The number of hydrogen-bond acceptors (Lipinski definition) is 3. The molecule has 0 aromatic heterocycles. The number of carbonyl (C=O) groups excluding carboxylic acids is 1. The lowest BCUT2D eigenvalue weighted by Crippen LogP contribution is -2.55. The van der Waals surface area contributed by atoms with Gasteiger partial charge in [0.05, 0.1) is 11.3 Å². The molecule has 1 aromatic rings. The summed E-state index contributed by atoms with van der Waals surface area (Å²) in [6.07, 6.45) is 0. The smallest absolute Gasteiger partial charge is 0.230 e. The Kier molecular flexibility index (Phi) is 5.88. The molecule has 0 bridgehead atoms. The Labute approximate surface area is 120 Å². The van der Waals surface area contributed by atoms with Crippen LogP contribution in [0.2, 0.25) is 0 Å². The van der Waals surface area contributed by atoms with Crippen molar-refractivity contribution in [2.24, 2.45) is 11.7 Å². The first-order valence-electron chi connectivity index (χ1n) is 6.58. The van der Waals surface area contributed by atoms with Gasteiger partial charge in [0.1, 0.15) is 0 Å². The number of amides is 1. The zero-order chi connectivity index (χ0) is 14.5. The van der Waals surface area contributed by atoms with E-state index < -0.39 is 0 Å². The molecule has 106 valence electrons. The topological polar surface area (TPSA) is 55.1 Å². The summed E-state index contributed by atoms with van der Waals surface area (Å²) in [5, 5.41) is 3.05. The van der Waals surface area contributed by atoms with Crippen LogP contribution < -0.4 is 11.1 Å². The number of carbonyl (C=O) groups is 1. The van der Waals surface area contributed by atoms with E-state index in [9.17, 15) is 4.79 Å². The summed E-state index contributed by atoms with van der Waals surface area (Å²) < 4.78 is 0. The van der Waals surface area contributed by atoms with Crippen molar-refractivity contribution in [3.63, 3.8) is 0 Å². The highest BCUT2D eigenvalue weighted by Gasteiger charge is 2.28. The molecule has 3 nitrogen and oxygen atoms in total. The van der Waals surface area contributed by atoms with Crippen molar-refractivity contribution in [2.45, 2.75) is 38.1 Å². The standard InChI is InChI=1S/C15H24N2OS/c1-11(2)15(4,10-16)17-14(18)9-19-13-8-6-5-7-12(13)3/h5-8,11H,9-10,16H2,1-4H3,(H,17,18). The van der Waals surface area contributed by atoms with Crippen LogP contribution in [0.1, 0.15) is 26.3 Å². The Hall–Kier alpha value is -1.00. The van der Waals surface area contributed by atoms with Gasteiger partial charge in [0.15, 0.2) is 0 Å². The van der Waals surface area contributed by atoms with Crippen LogP contribution in [-0.2, 0) is 4.79 Å². The second-order valence-electron chi connectivity index (χ2n) is 5.38. The van der Waals surface area contributed by atoms with E-state index in [1.807, 2.05) is 25.1 Å². The summed E-state index contributed by atoms with van der Waals surface area (Å²) in [5.41, 5.74) is 6.64. The molecule has 0 aliphatic rings. The van der Waals surface area contributed by atoms with Crippen LogP contribution in [0.25, 0.3) is 0 Å². The molecule has 0 spiro atoms. The van der Waals surface area contributed by atoms with Crippen LogP contribution in [-0.4, -0.2) is 23.7 Å². The molecule has 4 heteroatoms. The lowest BCUT2D eigenvalue weighted by molar-refractivity contribution is -0.120. The second-order valence-corrected chi connectivity index (χ2v) is 6.40. The van der Waals surface area contributed by atoms with E-state index in [1.165, 1.54) is 5.56 Å². The van der Waals surface area contributed by atoms with E-state index in [-0.39, 0.29) is 11.4 Å². The average molecular weight is 280 g/mol. The van der Waals surface area contributed by atoms with Crippen molar-refractivity contribution >= 4 is 17.7 Å². The number of aryl methyl sites for hydroxylation is 1. The van der Waals surface area contributed by atoms with Crippen molar-refractivity contribution in [1.29, 1.82) is 0 Å². The minimum Gasteiger partial charge on any atom is -0.349 e. The Morgan fingerprint density at radius 2 is 2.05 bits per heavy atom. The van der Waals surface area contributed by atoms with Gasteiger partial charge >= 0.3 is 0 Å². The van der Waals surface area contributed by atoms with Crippen LogP contribution in [0.3, 0.4) is 0 Å². The first-order chi connectivity index (χ1) is 8.89. The Balaban J connectivity index is 2.55. The molecule has 3 N–H and O–H groups in total. The van der Waals surface area contributed by atoms with E-state index in [4.69, 9.17) is 5.73 Å². The Morgan fingerprint density at radius 3 is 2.58 bits per heavy atom. The molecule has 1 atom stereocenters. The monoisotopic (exact) mass is 280 g/mol. The fourth-order valence-corrected chi connectivity index (χ4v) is 2.48. The SMILES string of the molecule is Cc1ccccc1SCC(=O)NC(C)(CN)C(C)C. The van der Waals surface area contributed by atoms with E-state index in [1.54, 1.807) is 11.8 Å². The van der Waals surface area contributed by atoms with Gasteiger partial charge in [0, 0.05) is 11.4 Å². The Morgan fingerprint density at radius 1 is 1.42 bits per heavy atom. The van der Waals surface area contributed by atoms with Crippen LogP contribution in [0.5, 0.6) is 0 Å². The molecular weight excluding hydrogens is 256 g/mol. The molecule has 0 aliphatic heterocycles. The van der Waals surface area contributed by atoms with Crippen LogP contribution in [0.4, 0.5) is 0 Å². The van der Waals surface area contributed by atoms with Gasteiger partial charge in [-0.1, -0.05) is 32.0 Å². The summed E-state index contributed by atoms with van der Waals surface area (Å²) in [5.74, 6) is 0.771. The second kappa shape index (κ2) is 6.96. The molecule has 0 fully saturated rings. The molecule has 1 aromatic carbocycles. The predicted molar refractivity (Wildman–Crippen MR) is 82.3 cm³/mol. The summed E-state index contributed by atoms with van der Waals surface area (Å²) in [6, 6.07) is 8.09. The molecule has 1 rings (SSSR count). The molecule has 0 saturated carbocycles. The summed E-state index contributed by atoms with van der Waals surface area (Å²) in [7, 11) is 0. The minimum atomic E-state index is -0.330. The molecule has 0 heterocycles. The van der Waals surface area contributed by atoms with E-state index in [0.29, 0.717) is 18.2 Å². The van der Waals surface area contributed by atoms with E-state index in [2.05, 4.69) is 32.2 Å². The lowest BCUT2D eigenvalue weighted by Gasteiger charge is -2.33. The number of nitrogens with one attached hydrogen (secondary N) is 1. The highest BCUT2D eigenvalue weighted by atomic mass is 32.2. The largest absolute Gasteiger partial charge is 0.349 e. The zero-order valence-electron chi connectivity index (χ0n) is 12.2. The molecular formula is C15H24N2OS. The van der Waals surface area contributed by atoms with Crippen molar-refractivity contribution in [3.05, 3.63) is 29.8 Å². The summed E-state index contributed by atoms with van der Waals surface area (Å²) in [4.78, 5) is 13.2. The highest BCUT2D eigenvalue weighted by Crippen LogP contribution is 2.22. The molecule has 1 unspecified atom stereocenters. The maximum Gasteiger partial charge on any atom is 0.230 e. The highest BCUT2D eigenvalue weighted by molar-refractivity contribution is 8.00. The first-order valence-corrected chi connectivity index (χ1v) is 7.57. The summed E-state index contributed by atoms with van der Waals surface area (Å²) >= 11 is 1.57. The van der Waals surface area contributed by atoms with Gasteiger partial charge in [-0.15, -0.1) is 11.8 Å². The number of nitrogens with two attached hydrogens (primary N) is 1. The fourth-order valence-electron chi connectivity index (χ4n) is 1.65. The van der Waals surface area contributed by atoms with E-state index in [0.717, 1.165) is 4.90 Å². The maximum atomic E-state index is 12.0. The normalized spacial score (nSPS) is 14.2. The van der Waals surface area contributed by atoms with Crippen molar-refractivity contribution in [2.75, 3.05) is 12.3 Å². The third kappa shape index (κ3) is 4.55. The third-order valence-corrected chi connectivity index (χ3v) is 4.75. The van der Waals surface area contributed by atoms with Gasteiger partial charge in [-0.25, -0.2) is 0 Å². The predicted octanol–water partition coefficient (Wildman–Crippen LogP) is 2.58. The third-order valence-electron chi connectivity index (χ3n) is 3.58. The van der Waals surface area contributed by atoms with Crippen molar-refractivity contribution in [1.82, 2.24) is 5.32 Å². The summed E-state index contributed by atoms with van der Waals surface area (Å²) in [6.45, 7) is 8.64. The molecule has 0 aliphatic carbocycles. The van der Waals surface area contributed by atoms with Gasteiger partial charge in [0.25, 0.3) is 0 Å². The van der Waals surface area contributed by atoms with Crippen LogP contribution >= 0.6 is 11.8 Å². The number of rotatable bonds is 6. The molecule has 19 heavy (non-hydrogen) atoms. The molecule has 1 amide bonds. The number of hydrogen-bond donors (Lipinski definition) is 2. The van der Waals surface area contributed by atoms with Crippen molar-refractivity contribution in [3.8, 4) is 0 Å². The maximum absolute atomic E-state index is 12.0. The first kappa shape index (κ1) is 16.1. The van der Waals surface area contributed by atoms with Gasteiger partial charge in [0.2, 0.25) is 5.91 Å². The molecule has 0 saturated heterocycles. The van der Waals surface area contributed by atoms with Gasteiger partial charge in [-0.05, 0) is 31.4 Å². The van der Waals surface area contributed by atoms with Gasteiger partial charge in [-0.3, -0.25) is 4.79 Å². The van der Waals surface area contributed by atoms with Gasteiger partial charge < -0.3 is 11.1 Å². The number of thioether (sulfide) groups is 1. The lowest BCUT2D eigenvalue weighted by atomic mass is 9.88. The van der Waals surface area contributed by atoms with Gasteiger partial charge in [-0.2, -0.15) is 0 Å². The van der Waals surface area contributed by atoms with Crippen LogP contribution in [0, 0.1) is 12.8 Å². The minimum absolute atomic E-state index is 0.0369. The van der Waals surface area contributed by atoms with Crippen LogP contribution in [0.15, 0.2) is 29.2 Å².